The zero-order valence-corrected chi connectivity index (χ0v) is 17.5. The van der Waals surface area contributed by atoms with Crippen molar-refractivity contribution in [1.82, 2.24) is 14.7 Å². The number of hydrogen-bond acceptors (Lipinski definition) is 5. The highest BCUT2D eigenvalue weighted by atomic mass is 16.3. The van der Waals surface area contributed by atoms with Crippen LogP contribution in [-0.4, -0.2) is 77.6 Å². The molecule has 3 N–H and O–H groups in total. The van der Waals surface area contributed by atoms with Gasteiger partial charge in [0.15, 0.2) is 0 Å². The van der Waals surface area contributed by atoms with Gasteiger partial charge in [-0.25, -0.2) is 0 Å². The van der Waals surface area contributed by atoms with Crippen molar-refractivity contribution >= 4 is 5.91 Å². The fourth-order valence-corrected chi connectivity index (χ4v) is 4.57. The molecule has 1 atom stereocenters. The number of β-amino-alcohol motifs (C(OH)–C–C–N with tert-alkyl or cyclic N) is 1. The number of hydrogen-bond donors (Lipinski definition) is 2. The molecule has 1 amide bonds. The van der Waals surface area contributed by atoms with E-state index in [0.29, 0.717) is 5.56 Å². The second-order valence-corrected chi connectivity index (χ2v) is 8.55. The summed E-state index contributed by atoms with van der Waals surface area (Å²) in [5.41, 5.74) is 9.90. The van der Waals surface area contributed by atoms with E-state index >= 15 is 0 Å². The second-order valence-electron chi connectivity index (χ2n) is 8.55. The van der Waals surface area contributed by atoms with Crippen LogP contribution < -0.4 is 5.73 Å². The van der Waals surface area contributed by atoms with Gasteiger partial charge in [-0.3, -0.25) is 19.5 Å². The van der Waals surface area contributed by atoms with E-state index in [2.05, 4.69) is 39.0 Å². The Bertz CT molecular complexity index is 864. The van der Waals surface area contributed by atoms with Crippen LogP contribution in [-0.2, 0) is 19.5 Å². The van der Waals surface area contributed by atoms with Crippen molar-refractivity contribution in [2.24, 2.45) is 5.73 Å². The van der Waals surface area contributed by atoms with Crippen molar-refractivity contribution in [1.29, 1.82) is 0 Å². The van der Waals surface area contributed by atoms with Crippen LogP contribution in [0.2, 0.25) is 0 Å². The maximum absolute atomic E-state index is 11.4. The number of aliphatic hydroxyl groups excluding tert-OH is 1. The molecule has 2 heterocycles. The molecular formula is C24H32N4O2. The Balaban J connectivity index is 1.20. The van der Waals surface area contributed by atoms with E-state index < -0.39 is 0 Å². The lowest BCUT2D eigenvalue weighted by molar-refractivity contribution is 0.0461. The lowest BCUT2D eigenvalue weighted by Gasteiger charge is -2.37. The Morgan fingerprint density at radius 2 is 1.60 bits per heavy atom. The number of carbonyl (C=O) groups is 1. The van der Waals surface area contributed by atoms with Crippen LogP contribution in [0.15, 0.2) is 48.5 Å². The molecule has 1 unspecified atom stereocenters. The number of primary amides is 1. The van der Waals surface area contributed by atoms with Crippen LogP contribution in [0, 0.1) is 0 Å². The molecule has 0 spiro atoms. The molecule has 0 radical (unpaired) electrons. The third-order valence-corrected chi connectivity index (χ3v) is 6.23. The highest BCUT2D eigenvalue weighted by Crippen LogP contribution is 2.19. The molecule has 2 aliphatic heterocycles. The minimum Gasteiger partial charge on any atom is -0.390 e. The maximum Gasteiger partial charge on any atom is 0.248 e. The van der Waals surface area contributed by atoms with Crippen molar-refractivity contribution in [2.45, 2.75) is 25.6 Å². The summed E-state index contributed by atoms with van der Waals surface area (Å²) in [6, 6.07) is 16.2. The van der Waals surface area contributed by atoms with Crippen LogP contribution in [0.4, 0.5) is 0 Å². The zero-order valence-electron chi connectivity index (χ0n) is 17.5. The number of carbonyl (C=O) groups excluding carboxylic acids is 1. The standard InChI is InChI=1S/C24H32N4O2/c25-24(30)21-7-3-4-19(14-21)15-26-10-12-27(13-11-26)17-23(29)18-28-9-8-20-5-1-2-6-22(20)16-28/h1-7,14,23,29H,8-13,15-18H2,(H2,25,30). The molecule has 6 nitrogen and oxygen atoms in total. The molecule has 2 aromatic rings. The zero-order chi connectivity index (χ0) is 20.9. The number of aliphatic hydroxyl groups is 1. The molecule has 0 saturated carbocycles. The average Bonchev–Trinajstić information content (AvgIpc) is 2.75. The van der Waals surface area contributed by atoms with Crippen molar-refractivity contribution in [3.63, 3.8) is 0 Å². The number of fused-ring (bicyclic) bond motifs is 1. The third kappa shape index (κ3) is 5.46. The van der Waals surface area contributed by atoms with E-state index in [1.165, 1.54) is 11.1 Å². The van der Waals surface area contributed by atoms with Crippen LogP contribution >= 0.6 is 0 Å². The lowest BCUT2D eigenvalue weighted by Crippen LogP contribution is -2.50. The number of amides is 1. The van der Waals surface area contributed by atoms with E-state index in [1.54, 1.807) is 6.07 Å². The Morgan fingerprint density at radius 1 is 0.900 bits per heavy atom. The predicted octanol–water partition coefficient (Wildman–Crippen LogP) is 1.32. The highest BCUT2D eigenvalue weighted by Gasteiger charge is 2.22. The summed E-state index contributed by atoms with van der Waals surface area (Å²) in [6.45, 7) is 8.07. The van der Waals surface area contributed by atoms with Gasteiger partial charge in [0.25, 0.3) is 0 Å². The Kier molecular flexibility index (Phi) is 6.79. The van der Waals surface area contributed by atoms with Gasteiger partial charge in [-0.15, -0.1) is 0 Å². The number of benzene rings is 2. The first-order chi connectivity index (χ1) is 14.6. The summed E-state index contributed by atoms with van der Waals surface area (Å²) in [4.78, 5) is 18.5. The van der Waals surface area contributed by atoms with Gasteiger partial charge >= 0.3 is 0 Å². The molecule has 2 aromatic carbocycles. The van der Waals surface area contributed by atoms with E-state index in [0.717, 1.165) is 70.9 Å². The van der Waals surface area contributed by atoms with Crippen LogP contribution in [0.5, 0.6) is 0 Å². The van der Waals surface area contributed by atoms with Crippen molar-refractivity contribution in [3.8, 4) is 0 Å². The summed E-state index contributed by atoms with van der Waals surface area (Å²) in [5.74, 6) is -0.382. The van der Waals surface area contributed by atoms with Gasteiger partial charge < -0.3 is 10.8 Å². The van der Waals surface area contributed by atoms with E-state index in [1.807, 2.05) is 18.2 Å². The Morgan fingerprint density at radius 3 is 2.37 bits per heavy atom. The van der Waals surface area contributed by atoms with Crippen molar-refractivity contribution in [2.75, 3.05) is 45.8 Å². The molecular weight excluding hydrogens is 376 g/mol. The second kappa shape index (κ2) is 9.71. The maximum atomic E-state index is 11.4. The van der Waals surface area contributed by atoms with Gasteiger partial charge in [0.05, 0.1) is 6.10 Å². The molecule has 1 fully saturated rings. The van der Waals surface area contributed by atoms with Crippen molar-refractivity contribution in [3.05, 3.63) is 70.8 Å². The molecule has 6 heteroatoms. The predicted molar refractivity (Wildman–Crippen MR) is 118 cm³/mol. The topological polar surface area (TPSA) is 73.0 Å². The highest BCUT2D eigenvalue weighted by molar-refractivity contribution is 5.92. The molecule has 160 valence electrons. The molecule has 0 aliphatic carbocycles. The molecule has 4 rings (SSSR count). The summed E-state index contributed by atoms with van der Waals surface area (Å²) in [6.07, 6.45) is 0.743. The van der Waals surface area contributed by atoms with Gasteiger partial charge in [0.2, 0.25) is 5.91 Å². The number of rotatable bonds is 7. The number of nitrogens with zero attached hydrogens (tertiary/aromatic N) is 3. The summed E-state index contributed by atoms with van der Waals surface area (Å²) in [5, 5.41) is 10.6. The fourth-order valence-electron chi connectivity index (χ4n) is 4.57. The summed E-state index contributed by atoms with van der Waals surface area (Å²) < 4.78 is 0. The van der Waals surface area contributed by atoms with Gasteiger partial charge in [-0.1, -0.05) is 36.4 Å². The summed E-state index contributed by atoms with van der Waals surface area (Å²) >= 11 is 0. The smallest absolute Gasteiger partial charge is 0.248 e. The first kappa shape index (κ1) is 21.0. The molecule has 0 bridgehead atoms. The molecule has 1 saturated heterocycles. The largest absolute Gasteiger partial charge is 0.390 e. The molecule has 30 heavy (non-hydrogen) atoms. The van der Waals surface area contributed by atoms with Crippen LogP contribution in [0.3, 0.4) is 0 Å². The number of nitrogens with two attached hydrogens (primary N) is 1. The minimum atomic E-state index is -0.382. The van der Waals surface area contributed by atoms with Gasteiger partial charge in [-0.05, 0) is 35.2 Å². The Labute approximate surface area is 178 Å². The fraction of sp³-hybridized carbons (Fsp3) is 0.458. The monoisotopic (exact) mass is 408 g/mol. The molecule has 0 aromatic heterocycles. The summed E-state index contributed by atoms with van der Waals surface area (Å²) in [7, 11) is 0. The SMILES string of the molecule is NC(=O)c1cccc(CN2CCN(CC(O)CN3CCc4ccccc4C3)CC2)c1. The minimum absolute atomic E-state index is 0.325. The van der Waals surface area contributed by atoms with Crippen LogP contribution in [0.1, 0.15) is 27.0 Å². The third-order valence-electron chi connectivity index (χ3n) is 6.23. The lowest BCUT2D eigenvalue weighted by atomic mass is 10.00. The van der Waals surface area contributed by atoms with Gasteiger partial charge in [0.1, 0.15) is 0 Å². The average molecular weight is 409 g/mol. The number of piperazine rings is 1. The van der Waals surface area contributed by atoms with E-state index in [4.69, 9.17) is 5.73 Å². The van der Waals surface area contributed by atoms with Crippen molar-refractivity contribution < 1.29 is 9.90 Å². The van der Waals surface area contributed by atoms with Crippen LogP contribution in [0.25, 0.3) is 0 Å². The van der Waals surface area contributed by atoms with E-state index in [9.17, 15) is 9.90 Å². The molecule has 2 aliphatic rings. The van der Waals surface area contributed by atoms with Gasteiger partial charge in [-0.2, -0.15) is 0 Å². The van der Waals surface area contributed by atoms with E-state index in [-0.39, 0.29) is 12.0 Å². The van der Waals surface area contributed by atoms with Gasteiger partial charge in [0, 0.05) is 64.5 Å². The first-order valence-electron chi connectivity index (χ1n) is 10.9. The quantitative estimate of drug-likeness (QED) is 0.723. The normalized spacial score (nSPS) is 19.4. The first-order valence-corrected chi connectivity index (χ1v) is 10.9. The Hall–Kier alpha value is -2.25.